The zero-order valence-electron chi connectivity index (χ0n) is 13.7. The van der Waals surface area contributed by atoms with E-state index >= 15 is 0 Å². The number of aromatic hydroxyl groups is 2. The van der Waals surface area contributed by atoms with Crippen LogP contribution in [0.2, 0.25) is 0 Å². The summed E-state index contributed by atoms with van der Waals surface area (Å²) >= 11 is 0. The Kier molecular flexibility index (Phi) is 3.03. The van der Waals surface area contributed by atoms with Gasteiger partial charge in [-0.25, -0.2) is 9.59 Å². The summed E-state index contributed by atoms with van der Waals surface area (Å²) in [4.78, 5) is 22.0. The van der Waals surface area contributed by atoms with Crippen LogP contribution in [0.15, 0.2) is 46.6 Å². The fraction of sp³-hybridized carbons (Fsp3) is 0. The number of hydrogen-bond donors (Lipinski definition) is 4. The first-order chi connectivity index (χ1) is 11.6. The van der Waals surface area contributed by atoms with E-state index in [9.17, 15) is 19.8 Å². The summed E-state index contributed by atoms with van der Waals surface area (Å²) in [5.74, 6) is -4.62. The Bertz CT molecular complexity index is 930. The van der Waals surface area contributed by atoms with Crippen LogP contribution >= 0.6 is 0 Å². The number of phenols is 2. The van der Waals surface area contributed by atoms with Crippen LogP contribution < -0.4 is 0 Å². The quantitative estimate of drug-likeness (QED) is 0.505. The number of azo groups is 1. The van der Waals surface area contributed by atoms with Crippen LogP contribution in [-0.2, 0) is 0 Å². The zero-order valence-corrected chi connectivity index (χ0v) is 10.7. The third-order valence-electron chi connectivity index (χ3n) is 2.47. The Labute approximate surface area is 127 Å². The van der Waals surface area contributed by atoms with Crippen molar-refractivity contribution in [3.8, 4) is 11.5 Å². The Balaban J connectivity index is 2.58. The number of aromatic carboxylic acids is 2. The van der Waals surface area contributed by atoms with Gasteiger partial charge in [0.2, 0.25) is 0 Å². The van der Waals surface area contributed by atoms with Crippen LogP contribution in [0.5, 0.6) is 11.5 Å². The van der Waals surface area contributed by atoms with Crippen molar-refractivity contribution >= 4 is 23.3 Å². The highest BCUT2D eigenvalue weighted by Gasteiger charge is 2.11. The smallest absolute Gasteiger partial charge is 0.339 e. The summed E-state index contributed by atoms with van der Waals surface area (Å²) in [6, 6.07) is 0.878. The Morgan fingerprint density at radius 3 is 2.18 bits per heavy atom. The lowest BCUT2D eigenvalue weighted by molar-refractivity contribution is 0.0682. The van der Waals surface area contributed by atoms with Gasteiger partial charge in [0.25, 0.3) is 0 Å². The van der Waals surface area contributed by atoms with Crippen molar-refractivity contribution in [1.29, 1.82) is 0 Å². The van der Waals surface area contributed by atoms with Crippen molar-refractivity contribution in [3.05, 3.63) is 47.5 Å². The molecule has 0 saturated carbocycles. The number of hydrogen-bond acceptors (Lipinski definition) is 6. The third kappa shape index (κ3) is 3.18. The van der Waals surface area contributed by atoms with E-state index in [-0.39, 0.29) is 5.69 Å². The number of carboxylic acid groups (broad SMARTS) is 2. The van der Waals surface area contributed by atoms with Gasteiger partial charge in [-0.2, -0.15) is 10.2 Å². The highest BCUT2D eigenvalue weighted by atomic mass is 16.4. The van der Waals surface area contributed by atoms with Crippen LogP contribution in [0.4, 0.5) is 11.4 Å². The lowest BCUT2D eigenvalue weighted by Gasteiger charge is -2.01. The molecule has 0 heterocycles. The molecule has 0 bridgehead atoms. The molecule has 0 aromatic heterocycles. The fourth-order valence-electron chi connectivity index (χ4n) is 1.46. The van der Waals surface area contributed by atoms with Crippen molar-refractivity contribution in [2.45, 2.75) is 0 Å². The van der Waals surface area contributed by atoms with E-state index in [1.165, 1.54) is 6.07 Å². The maximum Gasteiger partial charge on any atom is 0.339 e. The van der Waals surface area contributed by atoms with Crippen LogP contribution in [0.3, 0.4) is 0 Å². The summed E-state index contributed by atoms with van der Waals surface area (Å²) in [6.45, 7) is 0. The molecule has 0 saturated heterocycles. The van der Waals surface area contributed by atoms with Crippen LogP contribution in [0.25, 0.3) is 0 Å². The van der Waals surface area contributed by atoms with Gasteiger partial charge in [-0.15, -0.1) is 0 Å². The molecule has 0 fully saturated rings. The molecule has 0 unspecified atom stereocenters. The summed E-state index contributed by atoms with van der Waals surface area (Å²) in [6.07, 6.45) is 0. The minimum absolute atomic E-state index is 0.0505. The Morgan fingerprint density at radius 2 is 1.55 bits per heavy atom. The van der Waals surface area contributed by atoms with Crippen molar-refractivity contribution in [1.82, 2.24) is 0 Å². The number of rotatable bonds is 4. The van der Waals surface area contributed by atoms with Crippen molar-refractivity contribution in [2.24, 2.45) is 10.2 Å². The summed E-state index contributed by atoms with van der Waals surface area (Å²) in [5.41, 5.74) is -1.98. The van der Waals surface area contributed by atoms with Gasteiger partial charge in [-0.3, -0.25) is 0 Å². The maximum absolute atomic E-state index is 11.1. The van der Waals surface area contributed by atoms with E-state index in [1.807, 2.05) is 0 Å². The first-order valence-corrected chi connectivity index (χ1v) is 5.69. The number of carbonyl (C=O) groups is 2. The Morgan fingerprint density at radius 1 is 0.909 bits per heavy atom. The summed E-state index contributed by atoms with van der Waals surface area (Å²) in [5, 5.41) is 44.1. The maximum atomic E-state index is 11.1. The minimum atomic E-state index is -1.68. The summed E-state index contributed by atoms with van der Waals surface area (Å²) < 4.78 is 22.9. The molecule has 8 nitrogen and oxygen atoms in total. The van der Waals surface area contributed by atoms with Gasteiger partial charge in [0.05, 0.1) is 15.5 Å². The van der Waals surface area contributed by atoms with Gasteiger partial charge in [-0.05, 0) is 36.3 Å². The molecular weight excluding hydrogens is 293 g/mol. The first kappa shape index (κ1) is 11.3. The van der Waals surface area contributed by atoms with Crippen LogP contribution in [-0.4, -0.2) is 32.4 Å². The zero-order chi connectivity index (χ0) is 18.9. The second-order valence-electron chi connectivity index (χ2n) is 3.96. The first-order valence-electron chi connectivity index (χ1n) is 7.19. The predicted octanol–water partition coefficient (Wildman–Crippen LogP) is 2.91. The molecule has 4 N–H and O–H groups in total. The monoisotopic (exact) mass is 306 g/mol. The number of carboxylic acids is 2. The van der Waals surface area contributed by atoms with Crippen LogP contribution in [0.1, 0.15) is 24.8 Å². The van der Waals surface area contributed by atoms with Gasteiger partial charge in [-0.1, -0.05) is 0 Å². The molecule has 2 aromatic carbocycles. The molecule has 0 spiro atoms. The van der Waals surface area contributed by atoms with E-state index in [1.54, 1.807) is 0 Å². The van der Waals surface area contributed by atoms with E-state index in [2.05, 4.69) is 10.2 Å². The number of nitrogens with zero attached hydrogens (tertiary/aromatic N) is 2. The topological polar surface area (TPSA) is 140 Å². The van der Waals surface area contributed by atoms with Gasteiger partial charge in [0.1, 0.15) is 22.6 Å². The largest absolute Gasteiger partial charge is 0.507 e. The molecule has 22 heavy (non-hydrogen) atoms. The molecule has 0 amide bonds. The molecule has 0 aliphatic heterocycles. The molecule has 2 rings (SSSR count). The van der Waals surface area contributed by atoms with Crippen molar-refractivity contribution in [2.75, 3.05) is 0 Å². The minimum Gasteiger partial charge on any atom is -0.507 e. The molecule has 0 aliphatic carbocycles. The lowest BCUT2D eigenvalue weighted by Crippen LogP contribution is -1.96. The molecule has 0 radical (unpaired) electrons. The molecular formula is C14H10N2O6. The Hall–Kier alpha value is -3.42. The molecule has 0 atom stereocenters. The van der Waals surface area contributed by atoms with Gasteiger partial charge in [0.15, 0.2) is 0 Å². The third-order valence-corrected chi connectivity index (χ3v) is 2.47. The molecule has 2 aromatic rings. The summed E-state index contributed by atoms with van der Waals surface area (Å²) in [7, 11) is 0. The predicted molar refractivity (Wildman–Crippen MR) is 74.3 cm³/mol. The second kappa shape index (κ2) is 5.92. The highest BCUT2D eigenvalue weighted by Crippen LogP contribution is 2.27. The van der Waals surface area contributed by atoms with Crippen molar-refractivity contribution < 1.29 is 34.1 Å². The fourth-order valence-corrected chi connectivity index (χ4v) is 1.46. The van der Waals surface area contributed by atoms with Crippen molar-refractivity contribution in [3.63, 3.8) is 0 Å². The van der Waals surface area contributed by atoms with E-state index in [0.29, 0.717) is 0 Å². The molecule has 0 aliphatic rings. The highest BCUT2D eigenvalue weighted by molar-refractivity contribution is 5.92. The number of benzene rings is 2. The molecule has 112 valence electrons. The van der Waals surface area contributed by atoms with Gasteiger partial charge >= 0.3 is 11.9 Å². The SMILES string of the molecule is [2H]c1c([2H])c([15N]=Nc2ccc(O)c(C(=O)O)c2)c([2H])c(C(=O)O)c1O. The van der Waals surface area contributed by atoms with E-state index < -0.39 is 58.4 Å². The van der Waals surface area contributed by atoms with E-state index in [0.717, 1.165) is 12.1 Å². The normalized spacial score (nSPS) is 12.6. The lowest BCUT2D eigenvalue weighted by atomic mass is 10.2. The van der Waals surface area contributed by atoms with E-state index in [4.69, 9.17) is 14.3 Å². The average Bonchev–Trinajstić information content (AvgIpc) is 2.53. The molecule has 8 heteroatoms. The average molecular weight is 306 g/mol. The van der Waals surface area contributed by atoms with Crippen LogP contribution in [0, 0.1) is 0 Å². The standard InChI is InChI=1S/C14H10N2O6/c17-11-3-1-7(5-9(11)13(19)20)15-16-8-2-4-12(18)10(6-8)14(21)22/h1-6,17-18H,(H,19,20)(H,21,22)/i1D,3D,5D,15+1. The van der Waals surface area contributed by atoms with Gasteiger partial charge in [0, 0.05) is 0 Å². The second-order valence-corrected chi connectivity index (χ2v) is 3.96. The van der Waals surface area contributed by atoms with Gasteiger partial charge < -0.3 is 20.4 Å².